The van der Waals surface area contributed by atoms with E-state index in [1.165, 1.54) is 0 Å². The van der Waals surface area contributed by atoms with Gasteiger partial charge in [-0.25, -0.2) is 4.98 Å². The number of aromatic nitrogens is 2. The maximum atomic E-state index is 11.9. The topological polar surface area (TPSA) is 86.9 Å². The molecule has 3 rings (SSSR count). The summed E-state index contributed by atoms with van der Waals surface area (Å²) >= 11 is 1.60. The van der Waals surface area contributed by atoms with Gasteiger partial charge in [-0.15, -0.1) is 11.3 Å². The lowest BCUT2D eigenvalue weighted by atomic mass is 10.1. The van der Waals surface area contributed by atoms with Crippen LogP contribution in [0.25, 0.3) is 11.3 Å². The second kappa shape index (κ2) is 7.10. The molecule has 2 aromatic heterocycles. The second-order valence-electron chi connectivity index (χ2n) is 5.21. The molecule has 0 bridgehead atoms. The molecule has 2 heterocycles. The van der Waals surface area contributed by atoms with Crippen molar-refractivity contribution in [1.82, 2.24) is 20.8 Å². The van der Waals surface area contributed by atoms with Crippen LogP contribution in [-0.4, -0.2) is 21.8 Å². The summed E-state index contributed by atoms with van der Waals surface area (Å²) in [5, 5.41) is 3.03. The molecule has 0 aliphatic rings. The normalized spacial score (nSPS) is 10.4. The lowest BCUT2D eigenvalue weighted by molar-refractivity contribution is -0.121. The highest BCUT2D eigenvalue weighted by Gasteiger charge is 2.09. The molecule has 24 heavy (non-hydrogen) atoms. The van der Waals surface area contributed by atoms with Crippen molar-refractivity contribution in [3.05, 3.63) is 64.2 Å². The number of nitrogens with zero attached hydrogens (tertiary/aromatic N) is 1. The quantitative estimate of drug-likeness (QED) is 0.638. The summed E-state index contributed by atoms with van der Waals surface area (Å²) in [6.07, 6.45) is 1.82. The lowest BCUT2D eigenvalue weighted by Crippen LogP contribution is -2.42. The van der Waals surface area contributed by atoms with E-state index in [2.05, 4.69) is 20.8 Å². The zero-order valence-corrected chi connectivity index (χ0v) is 13.8. The van der Waals surface area contributed by atoms with Crippen LogP contribution in [0, 0.1) is 6.92 Å². The average Bonchev–Trinajstić information content (AvgIpc) is 3.25. The van der Waals surface area contributed by atoms with Gasteiger partial charge in [0.05, 0.1) is 17.1 Å². The molecule has 3 aromatic rings. The Kier molecular flexibility index (Phi) is 4.72. The van der Waals surface area contributed by atoms with E-state index in [1.807, 2.05) is 36.6 Å². The molecule has 0 fully saturated rings. The van der Waals surface area contributed by atoms with Crippen molar-refractivity contribution < 1.29 is 9.59 Å². The van der Waals surface area contributed by atoms with E-state index in [1.54, 1.807) is 29.7 Å². The van der Waals surface area contributed by atoms with E-state index in [0.717, 1.165) is 21.8 Å². The number of hydrogen-bond acceptors (Lipinski definition) is 4. The van der Waals surface area contributed by atoms with Gasteiger partial charge < -0.3 is 4.98 Å². The lowest BCUT2D eigenvalue weighted by Gasteiger charge is -2.07. The molecular formula is C17H16N4O2S. The average molecular weight is 340 g/mol. The van der Waals surface area contributed by atoms with Gasteiger partial charge in [0.1, 0.15) is 5.69 Å². The zero-order valence-electron chi connectivity index (χ0n) is 13.0. The van der Waals surface area contributed by atoms with Gasteiger partial charge in [-0.2, -0.15) is 0 Å². The van der Waals surface area contributed by atoms with Crippen LogP contribution in [0.15, 0.2) is 48.0 Å². The molecule has 3 N–H and O–H groups in total. The molecule has 1 aromatic carbocycles. The van der Waals surface area contributed by atoms with Gasteiger partial charge in [-0.3, -0.25) is 20.4 Å². The molecule has 122 valence electrons. The number of hydrazine groups is 1. The highest BCUT2D eigenvalue weighted by Crippen LogP contribution is 2.21. The minimum absolute atomic E-state index is 0.182. The fraction of sp³-hybridized carbons (Fsp3) is 0.118. The van der Waals surface area contributed by atoms with Crippen LogP contribution < -0.4 is 10.9 Å². The Labute approximate surface area is 142 Å². The van der Waals surface area contributed by atoms with Crippen LogP contribution in [0.2, 0.25) is 0 Å². The predicted molar refractivity (Wildman–Crippen MR) is 92.4 cm³/mol. The van der Waals surface area contributed by atoms with Crippen molar-refractivity contribution >= 4 is 23.2 Å². The number of amides is 2. The molecule has 6 nitrogen and oxygen atoms in total. The summed E-state index contributed by atoms with van der Waals surface area (Å²) in [6.45, 7) is 1.97. The first-order chi connectivity index (χ1) is 11.6. The maximum absolute atomic E-state index is 11.9. The number of rotatable bonds is 4. The van der Waals surface area contributed by atoms with E-state index in [-0.39, 0.29) is 18.2 Å². The third-order valence-electron chi connectivity index (χ3n) is 3.39. The van der Waals surface area contributed by atoms with E-state index in [9.17, 15) is 9.59 Å². The standard InChI is InChI=1S/C17H16N4O2S/c1-11-19-15(10-24-11)13-6-4-12(5-7-13)9-16(22)20-21-17(23)14-3-2-8-18-14/h2-8,10,18H,9H2,1H3,(H,20,22)(H,21,23). The number of thiazole rings is 1. The summed E-state index contributed by atoms with van der Waals surface area (Å²) < 4.78 is 0. The number of hydrogen-bond donors (Lipinski definition) is 3. The molecule has 7 heteroatoms. The molecule has 0 radical (unpaired) electrons. The van der Waals surface area contributed by atoms with E-state index in [0.29, 0.717) is 5.69 Å². The van der Waals surface area contributed by atoms with Crippen LogP contribution in [0.1, 0.15) is 21.1 Å². The third-order valence-corrected chi connectivity index (χ3v) is 4.16. The number of nitrogens with one attached hydrogen (secondary N) is 3. The van der Waals surface area contributed by atoms with Crippen LogP contribution in [0.4, 0.5) is 0 Å². The van der Waals surface area contributed by atoms with E-state index < -0.39 is 0 Å². The summed E-state index contributed by atoms with van der Waals surface area (Å²) in [5.74, 6) is -0.672. The van der Waals surface area contributed by atoms with Gasteiger partial charge in [-0.1, -0.05) is 24.3 Å². The number of aromatic amines is 1. The smallest absolute Gasteiger partial charge is 0.286 e. The van der Waals surface area contributed by atoms with Crippen molar-refractivity contribution in [2.24, 2.45) is 0 Å². The Balaban J connectivity index is 1.54. The van der Waals surface area contributed by atoms with E-state index >= 15 is 0 Å². The van der Waals surface area contributed by atoms with Gasteiger partial charge in [0.15, 0.2) is 0 Å². The Morgan fingerprint density at radius 2 is 1.96 bits per heavy atom. The Morgan fingerprint density at radius 3 is 2.58 bits per heavy atom. The van der Waals surface area contributed by atoms with Crippen molar-refractivity contribution in [3.63, 3.8) is 0 Å². The first-order valence-corrected chi connectivity index (χ1v) is 8.24. The molecule has 0 aliphatic carbocycles. The number of H-pyrrole nitrogens is 1. The zero-order chi connectivity index (χ0) is 16.9. The molecule has 0 spiro atoms. The third kappa shape index (κ3) is 3.88. The number of benzene rings is 1. The van der Waals surface area contributed by atoms with E-state index in [4.69, 9.17) is 0 Å². The van der Waals surface area contributed by atoms with Crippen molar-refractivity contribution in [2.75, 3.05) is 0 Å². The summed E-state index contributed by atoms with van der Waals surface area (Å²) in [4.78, 5) is 30.8. The molecule has 0 saturated heterocycles. The molecule has 0 aliphatic heterocycles. The van der Waals surface area contributed by atoms with Crippen LogP contribution >= 0.6 is 11.3 Å². The Bertz CT molecular complexity index is 838. The van der Waals surface area contributed by atoms with Gasteiger partial charge >= 0.3 is 0 Å². The van der Waals surface area contributed by atoms with Gasteiger partial charge in [0.25, 0.3) is 5.91 Å². The van der Waals surface area contributed by atoms with Gasteiger partial charge in [0, 0.05) is 17.1 Å². The molecule has 0 saturated carbocycles. The fourth-order valence-corrected chi connectivity index (χ4v) is 2.81. The molecule has 0 unspecified atom stereocenters. The monoisotopic (exact) mass is 340 g/mol. The largest absolute Gasteiger partial charge is 0.357 e. The summed E-state index contributed by atoms with van der Waals surface area (Å²) in [7, 11) is 0. The first-order valence-electron chi connectivity index (χ1n) is 7.36. The van der Waals surface area contributed by atoms with Crippen LogP contribution in [0.3, 0.4) is 0 Å². The highest BCUT2D eigenvalue weighted by molar-refractivity contribution is 7.09. The minimum atomic E-state index is -0.386. The summed E-state index contributed by atoms with van der Waals surface area (Å²) in [5.41, 5.74) is 7.97. The number of aryl methyl sites for hydroxylation is 1. The fourth-order valence-electron chi connectivity index (χ4n) is 2.18. The number of carbonyl (C=O) groups excluding carboxylic acids is 2. The molecule has 0 atom stereocenters. The first kappa shape index (κ1) is 15.9. The van der Waals surface area contributed by atoms with Gasteiger partial charge in [-0.05, 0) is 24.6 Å². The van der Waals surface area contributed by atoms with Crippen molar-refractivity contribution in [1.29, 1.82) is 0 Å². The number of carbonyl (C=O) groups is 2. The van der Waals surface area contributed by atoms with Crippen LogP contribution in [-0.2, 0) is 11.2 Å². The molecule has 2 amide bonds. The predicted octanol–water partition coefficient (Wildman–Crippen LogP) is 2.45. The second-order valence-corrected chi connectivity index (χ2v) is 6.27. The maximum Gasteiger partial charge on any atom is 0.286 e. The Hall–Kier alpha value is -2.93. The molecular weight excluding hydrogens is 324 g/mol. The van der Waals surface area contributed by atoms with Crippen LogP contribution in [0.5, 0.6) is 0 Å². The summed E-state index contributed by atoms with van der Waals surface area (Å²) in [6, 6.07) is 11.0. The van der Waals surface area contributed by atoms with Crippen molar-refractivity contribution in [3.8, 4) is 11.3 Å². The van der Waals surface area contributed by atoms with Crippen molar-refractivity contribution in [2.45, 2.75) is 13.3 Å². The van der Waals surface area contributed by atoms with Gasteiger partial charge in [0.2, 0.25) is 5.91 Å². The highest BCUT2D eigenvalue weighted by atomic mass is 32.1. The Morgan fingerprint density at radius 1 is 1.17 bits per heavy atom. The SMILES string of the molecule is Cc1nc(-c2ccc(CC(=O)NNC(=O)c3ccc[nH]3)cc2)cs1. The minimum Gasteiger partial charge on any atom is -0.357 e.